The van der Waals surface area contributed by atoms with Gasteiger partial charge in [0.05, 0.1) is 13.2 Å². The normalized spacial score (nSPS) is 13.3. The lowest BCUT2D eigenvalue weighted by atomic mass is 9.90. The van der Waals surface area contributed by atoms with Gasteiger partial charge >= 0.3 is 0 Å². The Hall–Kier alpha value is -1.22. The zero-order valence-electron chi connectivity index (χ0n) is 10.4. The van der Waals surface area contributed by atoms with Gasteiger partial charge in [-0.05, 0) is 29.7 Å². The summed E-state index contributed by atoms with van der Waals surface area (Å²) in [5, 5.41) is 9.80. The average molecular weight is 224 g/mol. The fraction of sp³-hybridized carbons (Fsp3) is 0.538. The lowest BCUT2D eigenvalue weighted by molar-refractivity contribution is 0.0218. The van der Waals surface area contributed by atoms with E-state index in [4.69, 9.17) is 9.47 Å². The van der Waals surface area contributed by atoms with Gasteiger partial charge in [-0.1, -0.05) is 20.8 Å². The first-order chi connectivity index (χ1) is 7.43. The molecule has 0 bridgehead atoms. The van der Waals surface area contributed by atoms with Gasteiger partial charge in [0.2, 0.25) is 0 Å². The monoisotopic (exact) mass is 224 g/mol. The van der Waals surface area contributed by atoms with Crippen molar-refractivity contribution in [2.45, 2.75) is 26.9 Å². The Morgan fingerprint density at radius 1 is 1.12 bits per heavy atom. The molecule has 0 saturated carbocycles. The number of benzene rings is 1. The van der Waals surface area contributed by atoms with Gasteiger partial charge in [0, 0.05) is 0 Å². The Kier molecular flexibility index (Phi) is 4.19. The predicted octanol–water partition coefficient (Wildman–Crippen LogP) is 2.48. The molecule has 1 atom stereocenters. The third kappa shape index (κ3) is 3.74. The van der Waals surface area contributed by atoms with E-state index in [-0.39, 0.29) is 5.41 Å². The summed E-state index contributed by atoms with van der Waals surface area (Å²) in [5.41, 5.74) is -0.160. The average Bonchev–Trinajstić information content (AvgIpc) is 2.25. The zero-order valence-corrected chi connectivity index (χ0v) is 10.4. The summed E-state index contributed by atoms with van der Waals surface area (Å²) in [6, 6.07) is 7.32. The van der Waals surface area contributed by atoms with Crippen molar-refractivity contribution in [2.75, 3.05) is 13.7 Å². The SMILES string of the molecule is COc1ccc(OCC(O)C(C)(C)C)cc1. The van der Waals surface area contributed by atoms with Crippen molar-refractivity contribution in [1.29, 1.82) is 0 Å². The Labute approximate surface area is 97.0 Å². The maximum Gasteiger partial charge on any atom is 0.119 e. The van der Waals surface area contributed by atoms with Gasteiger partial charge in [-0.25, -0.2) is 0 Å². The van der Waals surface area contributed by atoms with Gasteiger partial charge in [0.15, 0.2) is 0 Å². The van der Waals surface area contributed by atoms with Crippen LogP contribution in [0.25, 0.3) is 0 Å². The van der Waals surface area contributed by atoms with E-state index in [1.807, 2.05) is 45.0 Å². The predicted molar refractivity (Wildman–Crippen MR) is 64.0 cm³/mol. The lowest BCUT2D eigenvalue weighted by Gasteiger charge is -2.25. The highest BCUT2D eigenvalue weighted by molar-refractivity contribution is 5.31. The summed E-state index contributed by atoms with van der Waals surface area (Å²) in [5.74, 6) is 1.54. The first-order valence-corrected chi connectivity index (χ1v) is 5.38. The highest BCUT2D eigenvalue weighted by Crippen LogP contribution is 2.21. The van der Waals surface area contributed by atoms with Crippen molar-refractivity contribution in [3.63, 3.8) is 0 Å². The van der Waals surface area contributed by atoms with Crippen molar-refractivity contribution >= 4 is 0 Å². The molecule has 3 nitrogen and oxygen atoms in total. The molecular formula is C13H20O3. The largest absolute Gasteiger partial charge is 0.497 e. The summed E-state index contributed by atoms with van der Waals surface area (Å²) in [4.78, 5) is 0. The van der Waals surface area contributed by atoms with E-state index in [0.29, 0.717) is 6.61 Å². The van der Waals surface area contributed by atoms with Gasteiger partial charge in [0.1, 0.15) is 18.1 Å². The fourth-order valence-electron chi connectivity index (χ4n) is 1.10. The number of ether oxygens (including phenoxy) is 2. The van der Waals surface area contributed by atoms with Crippen LogP contribution in [0.1, 0.15) is 20.8 Å². The summed E-state index contributed by atoms with van der Waals surface area (Å²) in [6.45, 7) is 6.25. The Morgan fingerprint density at radius 3 is 2.06 bits per heavy atom. The Bertz CT molecular complexity index is 311. The van der Waals surface area contributed by atoms with E-state index in [1.165, 1.54) is 0 Å². The molecule has 0 fully saturated rings. The van der Waals surface area contributed by atoms with Crippen molar-refractivity contribution in [3.8, 4) is 11.5 Å². The Balaban J connectivity index is 2.48. The fourth-order valence-corrected chi connectivity index (χ4v) is 1.10. The molecule has 1 rings (SSSR count). The Morgan fingerprint density at radius 2 is 1.62 bits per heavy atom. The van der Waals surface area contributed by atoms with Crippen LogP contribution in [0.4, 0.5) is 0 Å². The molecule has 16 heavy (non-hydrogen) atoms. The van der Waals surface area contributed by atoms with Gasteiger partial charge in [-0.3, -0.25) is 0 Å². The minimum Gasteiger partial charge on any atom is -0.497 e. The maximum atomic E-state index is 9.80. The van der Waals surface area contributed by atoms with E-state index < -0.39 is 6.10 Å². The molecule has 1 N–H and O–H groups in total. The topological polar surface area (TPSA) is 38.7 Å². The van der Waals surface area contributed by atoms with Crippen LogP contribution in [0.3, 0.4) is 0 Å². The maximum absolute atomic E-state index is 9.80. The van der Waals surface area contributed by atoms with Crippen LogP contribution < -0.4 is 9.47 Å². The van der Waals surface area contributed by atoms with Crippen LogP contribution in [-0.2, 0) is 0 Å². The molecular weight excluding hydrogens is 204 g/mol. The van der Waals surface area contributed by atoms with E-state index in [9.17, 15) is 5.11 Å². The van der Waals surface area contributed by atoms with Crippen molar-refractivity contribution in [3.05, 3.63) is 24.3 Å². The molecule has 0 aromatic heterocycles. The van der Waals surface area contributed by atoms with E-state index in [0.717, 1.165) is 11.5 Å². The third-order valence-corrected chi connectivity index (χ3v) is 2.47. The standard InChI is InChI=1S/C13H20O3/c1-13(2,3)12(14)9-16-11-7-5-10(15-4)6-8-11/h5-8,12,14H,9H2,1-4H3. The molecule has 0 aliphatic carbocycles. The number of hydrogen-bond acceptors (Lipinski definition) is 3. The molecule has 0 radical (unpaired) electrons. The molecule has 0 amide bonds. The summed E-state index contributed by atoms with van der Waals surface area (Å²) in [6.07, 6.45) is -0.477. The molecule has 1 aromatic carbocycles. The molecule has 0 spiro atoms. The second-order valence-corrected chi connectivity index (χ2v) is 4.87. The minimum atomic E-state index is -0.477. The number of rotatable bonds is 4. The molecule has 0 aliphatic heterocycles. The molecule has 0 heterocycles. The van der Waals surface area contributed by atoms with E-state index in [1.54, 1.807) is 7.11 Å². The summed E-state index contributed by atoms with van der Waals surface area (Å²) < 4.78 is 10.5. The van der Waals surface area contributed by atoms with Crippen LogP contribution in [-0.4, -0.2) is 24.9 Å². The second-order valence-electron chi connectivity index (χ2n) is 4.87. The van der Waals surface area contributed by atoms with Crippen molar-refractivity contribution < 1.29 is 14.6 Å². The van der Waals surface area contributed by atoms with Crippen LogP contribution in [0.2, 0.25) is 0 Å². The van der Waals surface area contributed by atoms with E-state index >= 15 is 0 Å². The lowest BCUT2D eigenvalue weighted by Crippen LogP contribution is -2.31. The molecule has 1 unspecified atom stereocenters. The second kappa shape index (κ2) is 5.21. The van der Waals surface area contributed by atoms with Gasteiger partial charge in [-0.15, -0.1) is 0 Å². The van der Waals surface area contributed by atoms with Crippen molar-refractivity contribution in [2.24, 2.45) is 5.41 Å². The highest BCUT2D eigenvalue weighted by Gasteiger charge is 2.22. The zero-order chi connectivity index (χ0) is 12.2. The summed E-state index contributed by atoms with van der Waals surface area (Å²) in [7, 11) is 1.62. The minimum absolute atomic E-state index is 0.160. The first kappa shape index (κ1) is 12.8. The van der Waals surface area contributed by atoms with Crippen LogP contribution in [0.15, 0.2) is 24.3 Å². The van der Waals surface area contributed by atoms with E-state index in [2.05, 4.69) is 0 Å². The van der Waals surface area contributed by atoms with Crippen LogP contribution in [0.5, 0.6) is 11.5 Å². The molecule has 3 heteroatoms. The van der Waals surface area contributed by atoms with Crippen molar-refractivity contribution in [1.82, 2.24) is 0 Å². The smallest absolute Gasteiger partial charge is 0.119 e. The number of aliphatic hydroxyl groups excluding tert-OH is 1. The first-order valence-electron chi connectivity index (χ1n) is 5.38. The van der Waals surface area contributed by atoms with Gasteiger partial charge in [-0.2, -0.15) is 0 Å². The summed E-state index contributed by atoms with van der Waals surface area (Å²) >= 11 is 0. The molecule has 0 saturated heterocycles. The number of aliphatic hydroxyl groups is 1. The quantitative estimate of drug-likeness (QED) is 0.854. The van der Waals surface area contributed by atoms with Gasteiger partial charge in [0.25, 0.3) is 0 Å². The van der Waals surface area contributed by atoms with Gasteiger partial charge < -0.3 is 14.6 Å². The molecule has 0 aliphatic rings. The van der Waals surface area contributed by atoms with Crippen LogP contribution >= 0.6 is 0 Å². The van der Waals surface area contributed by atoms with Crippen LogP contribution in [0, 0.1) is 5.41 Å². The highest BCUT2D eigenvalue weighted by atomic mass is 16.5. The third-order valence-electron chi connectivity index (χ3n) is 2.47. The number of hydrogen-bond donors (Lipinski definition) is 1. The number of methoxy groups -OCH3 is 1. The molecule has 90 valence electrons. The molecule has 1 aromatic rings.